The number of sulfone groups is 1. The van der Waals surface area contributed by atoms with Gasteiger partial charge in [0.05, 0.1) is 4.75 Å². The molecule has 0 fully saturated rings. The average Bonchev–Trinajstić information content (AvgIpc) is 1.98. The Morgan fingerprint density at radius 1 is 0.938 bits per heavy atom. The summed E-state index contributed by atoms with van der Waals surface area (Å²) in [5.74, 6) is -5.25. The number of hydrogen-bond donors (Lipinski definition) is 0. The second-order valence-electron chi connectivity index (χ2n) is 4.42. The molecule has 0 N–H and O–H groups in total. The van der Waals surface area contributed by atoms with E-state index in [9.17, 15) is 30.4 Å². The molecule has 2 nitrogen and oxygen atoms in total. The highest BCUT2D eigenvalue weighted by Crippen LogP contribution is 2.42. The van der Waals surface area contributed by atoms with Crippen molar-refractivity contribution in [1.29, 1.82) is 0 Å². The fraction of sp³-hybridized carbons (Fsp3) is 1.00. The first kappa shape index (κ1) is 15.6. The largest absolute Gasteiger partial charge is 0.454 e. The molecule has 0 amide bonds. The van der Waals surface area contributed by atoms with E-state index in [-0.39, 0.29) is 0 Å². The smallest absolute Gasteiger partial charge is 0.228 e. The Morgan fingerprint density at radius 2 is 1.25 bits per heavy atom. The molecular weight excluding hydrogens is 255 g/mol. The van der Waals surface area contributed by atoms with Crippen LogP contribution in [0.5, 0.6) is 0 Å². The van der Waals surface area contributed by atoms with Crippen molar-refractivity contribution in [3.8, 4) is 0 Å². The molecule has 1 atom stereocenters. The maximum atomic E-state index is 12.8. The van der Waals surface area contributed by atoms with Crippen molar-refractivity contribution in [3.63, 3.8) is 0 Å². The van der Waals surface area contributed by atoms with E-state index in [1.165, 1.54) is 0 Å². The maximum absolute atomic E-state index is 12.8. The Morgan fingerprint density at radius 3 is 1.44 bits per heavy atom. The van der Waals surface area contributed by atoms with Gasteiger partial charge in [-0.3, -0.25) is 0 Å². The lowest BCUT2D eigenvalue weighted by molar-refractivity contribution is -0.280. The standard InChI is InChI=1S/C8H13F5O2S/c1-5(7(9,10)8(11,12)13)16(14,15)6(2,3)4/h5H,1-4H3. The van der Waals surface area contributed by atoms with Crippen LogP contribution in [0, 0.1) is 0 Å². The van der Waals surface area contributed by atoms with Crippen LogP contribution in [0.2, 0.25) is 0 Å². The summed E-state index contributed by atoms with van der Waals surface area (Å²) in [5.41, 5.74) is 0. The van der Waals surface area contributed by atoms with Gasteiger partial charge in [-0.15, -0.1) is 0 Å². The second-order valence-corrected chi connectivity index (χ2v) is 7.44. The first-order chi connectivity index (χ1) is 6.65. The molecule has 0 aromatic carbocycles. The summed E-state index contributed by atoms with van der Waals surface area (Å²) in [6.07, 6.45) is -5.87. The van der Waals surface area contributed by atoms with E-state index in [1.54, 1.807) is 0 Å². The summed E-state index contributed by atoms with van der Waals surface area (Å²) >= 11 is 0. The molecule has 0 aliphatic rings. The van der Waals surface area contributed by atoms with Crippen LogP contribution in [0.25, 0.3) is 0 Å². The minimum Gasteiger partial charge on any atom is -0.228 e. The second kappa shape index (κ2) is 3.82. The normalized spacial score (nSPS) is 17.3. The molecule has 0 radical (unpaired) electrons. The highest BCUT2D eigenvalue weighted by molar-refractivity contribution is 7.93. The van der Waals surface area contributed by atoms with Gasteiger partial charge < -0.3 is 0 Å². The first-order valence-electron chi connectivity index (χ1n) is 4.33. The quantitative estimate of drug-likeness (QED) is 0.722. The summed E-state index contributed by atoms with van der Waals surface area (Å²) in [6.45, 7) is 3.59. The molecule has 8 heteroatoms. The van der Waals surface area contributed by atoms with E-state index < -0.39 is 31.9 Å². The molecule has 0 saturated heterocycles. The van der Waals surface area contributed by atoms with Gasteiger partial charge in [0.25, 0.3) is 0 Å². The zero-order valence-corrected chi connectivity index (χ0v) is 10.0. The minimum atomic E-state index is -5.87. The van der Waals surface area contributed by atoms with Crippen molar-refractivity contribution in [2.45, 2.75) is 49.8 Å². The van der Waals surface area contributed by atoms with E-state index in [2.05, 4.69) is 0 Å². The van der Waals surface area contributed by atoms with Crippen LogP contribution in [0.3, 0.4) is 0 Å². The van der Waals surface area contributed by atoms with E-state index >= 15 is 0 Å². The molecule has 0 aliphatic heterocycles. The van der Waals surface area contributed by atoms with Crippen molar-refractivity contribution in [3.05, 3.63) is 0 Å². The minimum absolute atomic E-state index is 0.369. The predicted octanol–water partition coefficient (Wildman–Crippen LogP) is 2.79. The Kier molecular flexibility index (Phi) is 3.72. The predicted molar refractivity (Wildman–Crippen MR) is 49.1 cm³/mol. The third kappa shape index (κ3) is 2.46. The molecule has 0 aliphatic carbocycles. The fourth-order valence-corrected chi connectivity index (χ4v) is 2.54. The summed E-state index contributed by atoms with van der Waals surface area (Å²) in [5, 5.41) is -2.81. The molecular formula is C8H13F5O2S. The maximum Gasteiger partial charge on any atom is 0.454 e. The van der Waals surface area contributed by atoms with Gasteiger partial charge in [0.2, 0.25) is 0 Å². The van der Waals surface area contributed by atoms with Gasteiger partial charge in [-0.2, -0.15) is 22.0 Å². The first-order valence-corrected chi connectivity index (χ1v) is 5.88. The third-order valence-corrected chi connectivity index (χ3v) is 5.14. The average molecular weight is 268 g/mol. The number of hydrogen-bond acceptors (Lipinski definition) is 2. The highest BCUT2D eigenvalue weighted by atomic mass is 32.2. The van der Waals surface area contributed by atoms with E-state index in [0.29, 0.717) is 6.92 Å². The van der Waals surface area contributed by atoms with Gasteiger partial charge >= 0.3 is 12.1 Å². The number of halogens is 5. The zero-order valence-electron chi connectivity index (χ0n) is 9.19. The van der Waals surface area contributed by atoms with E-state index in [4.69, 9.17) is 0 Å². The SMILES string of the molecule is CC(C(F)(F)C(F)(F)F)S(=O)(=O)C(C)(C)C. The number of alkyl halides is 5. The van der Waals surface area contributed by atoms with E-state index in [0.717, 1.165) is 20.8 Å². The Hall–Kier alpha value is -0.400. The van der Waals surface area contributed by atoms with Gasteiger partial charge in [0, 0.05) is 0 Å². The summed E-state index contributed by atoms with van der Waals surface area (Å²) in [4.78, 5) is 0. The lowest BCUT2D eigenvalue weighted by Gasteiger charge is -2.30. The molecule has 98 valence electrons. The van der Waals surface area contributed by atoms with Crippen molar-refractivity contribution in [2.75, 3.05) is 0 Å². The summed E-state index contributed by atoms with van der Waals surface area (Å²) in [7, 11) is -4.59. The van der Waals surface area contributed by atoms with Crippen LogP contribution >= 0.6 is 0 Å². The molecule has 0 rings (SSSR count). The van der Waals surface area contributed by atoms with Crippen LogP contribution < -0.4 is 0 Å². The van der Waals surface area contributed by atoms with Crippen LogP contribution in [0.15, 0.2) is 0 Å². The van der Waals surface area contributed by atoms with Crippen LogP contribution in [-0.4, -0.2) is 30.5 Å². The molecule has 0 bridgehead atoms. The molecule has 0 spiro atoms. The topological polar surface area (TPSA) is 34.1 Å². The third-order valence-electron chi connectivity index (χ3n) is 2.21. The van der Waals surface area contributed by atoms with Gasteiger partial charge in [-0.1, -0.05) is 0 Å². The van der Waals surface area contributed by atoms with Crippen LogP contribution in [0.1, 0.15) is 27.7 Å². The van der Waals surface area contributed by atoms with Crippen LogP contribution in [-0.2, 0) is 9.84 Å². The van der Waals surface area contributed by atoms with Crippen LogP contribution in [0.4, 0.5) is 22.0 Å². The lowest BCUT2D eigenvalue weighted by atomic mass is 10.2. The van der Waals surface area contributed by atoms with Crippen molar-refractivity contribution < 1.29 is 30.4 Å². The monoisotopic (exact) mass is 268 g/mol. The lowest BCUT2D eigenvalue weighted by Crippen LogP contribution is -2.53. The van der Waals surface area contributed by atoms with Gasteiger partial charge in [0.1, 0.15) is 5.25 Å². The van der Waals surface area contributed by atoms with Crippen molar-refractivity contribution in [1.82, 2.24) is 0 Å². The molecule has 0 aromatic rings. The zero-order chi connectivity index (χ0) is 13.6. The Bertz CT molecular complexity index is 350. The molecule has 0 aromatic heterocycles. The molecule has 0 heterocycles. The number of rotatable bonds is 2. The van der Waals surface area contributed by atoms with Gasteiger partial charge in [-0.05, 0) is 27.7 Å². The molecule has 0 saturated carbocycles. The Labute approximate surface area is 90.7 Å². The van der Waals surface area contributed by atoms with Gasteiger partial charge in [0.15, 0.2) is 9.84 Å². The van der Waals surface area contributed by atoms with E-state index in [1.807, 2.05) is 0 Å². The highest BCUT2D eigenvalue weighted by Gasteiger charge is 2.65. The van der Waals surface area contributed by atoms with Crippen molar-refractivity contribution >= 4 is 9.84 Å². The summed E-state index contributed by atoms with van der Waals surface area (Å²) < 4.78 is 82.9. The summed E-state index contributed by atoms with van der Waals surface area (Å²) in [6, 6.07) is 0. The fourth-order valence-electron chi connectivity index (χ4n) is 0.956. The van der Waals surface area contributed by atoms with Gasteiger partial charge in [-0.25, -0.2) is 8.42 Å². The molecule has 1 unspecified atom stereocenters. The Balaban J connectivity index is 5.50. The van der Waals surface area contributed by atoms with Crippen molar-refractivity contribution in [2.24, 2.45) is 0 Å². The molecule has 16 heavy (non-hydrogen) atoms.